The third kappa shape index (κ3) is 8.16. The summed E-state index contributed by atoms with van der Waals surface area (Å²) in [6.45, 7) is 17.9. The Labute approximate surface area is 213 Å². The predicted octanol–water partition coefficient (Wildman–Crippen LogP) is 5.32. The second-order valence-corrected chi connectivity index (χ2v) is 14.1. The van der Waals surface area contributed by atoms with Crippen molar-refractivity contribution in [3.05, 3.63) is 0 Å². The molecule has 2 aliphatic heterocycles. The second-order valence-electron chi connectivity index (χ2n) is 14.1. The summed E-state index contributed by atoms with van der Waals surface area (Å²) in [5, 5.41) is 16.5. The molecule has 0 aromatic heterocycles. The van der Waals surface area contributed by atoms with Crippen LogP contribution in [0.3, 0.4) is 0 Å². The maximum absolute atomic E-state index is 13.9. The number of carbonyl (C=O) groups excluding carboxylic acids is 1. The zero-order valence-corrected chi connectivity index (χ0v) is 23.7. The molecule has 2 fully saturated rings. The topological polar surface area (TPSA) is 114 Å². The molecule has 0 amide bonds. The largest absolute Gasteiger partial charge is 0.481 e. The van der Waals surface area contributed by atoms with Crippen molar-refractivity contribution in [2.24, 2.45) is 23.1 Å². The molecule has 2 saturated heterocycles. The van der Waals surface area contributed by atoms with Gasteiger partial charge in [0.15, 0.2) is 0 Å². The van der Waals surface area contributed by atoms with Gasteiger partial charge in [0.25, 0.3) is 0 Å². The smallest absolute Gasteiger partial charge is 0.331 e. The molecule has 0 spiro atoms. The van der Waals surface area contributed by atoms with Crippen molar-refractivity contribution in [2.45, 2.75) is 148 Å². The molecular weight excluding hydrogens is 442 g/mol. The van der Waals surface area contributed by atoms with E-state index in [1.165, 1.54) is 0 Å². The lowest BCUT2D eigenvalue weighted by Crippen LogP contribution is -2.65. The van der Waals surface area contributed by atoms with Crippen LogP contribution in [-0.4, -0.2) is 39.2 Å². The minimum absolute atomic E-state index is 0.0959. The fourth-order valence-electron chi connectivity index (χ4n) is 7.88. The molecule has 2 heterocycles. The van der Waals surface area contributed by atoms with E-state index in [0.29, 0.717) is 6.42 Å². The van der Waals surface area contributed by atoms with Crippen LogP contribution in [0.2, 0.25) is 0 Å². The van der Waals surface area contributed by atoms with Gasteiger partial charge in [-0.2, -0.15) is 5.90 Å². The number of unbranched alkanes of at least 4 members (excludes halogenated alkanes) is 4. The maximum Gasteiger partial charge on any atom is 0.331 e. The molecule has 0 aromatic carbocycles. The number of piperidine rings is 2. The van der Waals surface area contributed by atoms with E-state index in [1.807, 2.05) is 0 Å². The van der Waals surface area contributed by atoms with Crippen molar-refractivity contribution in [1.29, 1.82) is 0 Å². The average Bonchev–Trinajstić information content (AvgIpc) is 2.64. The fraction of sp³-hybridized carbons (Fsp3) is 0.929. The Hall–Kier alpha value is -1.18. The van der Waals surface area contributed by atoms with Crippen LogP contribution in [0.4, 0.5) is 0 Å². The van der Waals surface area contributed by atoms with Gasteiger partial charge in [-0.3, -0.25) is 4.79 Å². The van der Waals surface area contributed by atoms with E-state index in [4.69, 9.17) is 15.8 Å². The van der Waals surface area contributed by atoms with Crippen LogP contribution < -0.4 is 16.5 Å². The number of carboxylic acids is 1. The number of hydrogen-bond acceptors (Lipinski definition) is 6. The average molecular weight is 496 g/mol. The molecule has 5 N–H and O–H groups in total. The summed E-state index contributed by atoms with van der Waals surface area (Å²) < 4.78 is 0. The van der Waals surface area contributed by atoms with Gasteiger partial charge in [0.05, 0.1) is 5.41 Å². The lowest BCUT2D eigenvalue weighted by atomic mass is 9.52. The summed E-state index contributed by atoms with van der Waals surface area (Å²) in [6.07, 6.45) is 9.06. The molecule has 2 rings (SSSR count). The first-order valence-electron chi connectivity index (χ1n) is 13.7. The molecule has 2 aliphatic rings. The highest BCUT2D eigenvalue weighted by Crippen LogP contribution is 2.55. The molecule has 204 valence electrons. The second kappa shape index (κ2) is 11.1. The van der Waals surface area contributed by atoms with Crippen LogP contribution >= 0.6 is 0 Å². The van der Waals surface area contributed by atoms with Gasteiger partial charge >= 0.3 is 11.9 Å². The van der Waals surface area contributed by atoms with Crippen LogP contribution in [-0.2, 0) is 14.4 Å². The Bertz CT molecular complexity index is 674. The third-order valence-corrected chi connectivity index (χ3v) is 8.31. The molecule has 0 aliphatic carbocycles. The van der Waals surface area contributed by atoms with Gasteiger partial charge in [0.1, 0.15) is 0 Å². The summed E-state index contributed by atoms with van der Waals surface area (Å²) >= 11 is 0. The van der Waals surface area contributed by atoms with E-state index in [1.54, 1.807) is 0 Å². The zero-order valence-electron chi connectivity index (χ0n) is 23.7. The van der Waals surface area contributed by atoms with Gasteiger partial charge in [0.2, 0.25) is 0 Å². The molecule has 0 aromatic rings. The van der Waals surface area contributed by atoms with Gasteiger partial charge in [-0.25, -0.2) is 4.79 Å². The van der Waals surface area contributed by atoms with Gasteiger partial charge in [0, 0.05) is 28.6 Å². The summed E-state index contributed by atoms with van der Waals surface area (Å²) in [4.78, 5) is 29.9. The summed E-state index contributed by atoms with van der Waals surface area (Å²) in [7, 11) is 0. The highest BCUT2D eigenvalue weighted by molar-refractivity contribution is 5.77. The summed E-state index contributed by atoms with van der Waals surface area (Å²) in [5.74, 6) is 5.04. The van der Waals surface area contributed by atoms with Crippen LogP contribution in [0.15, 0.2) is 0 Å². The van der Waals surface area contributed by atoms with Crippen molar-refractivity contribution in [3.8, 4) is 0 Å². The quantitative estimate of drug-likeness (QED) is 0.227. The molecule has 0 bridgehead atoms. The van der Waals surface area contributed by atoms with E-state index < -0.39 is 11.4 Å². The minimum atomic E-state index is -0.734. The van der Waals surface area contributed by atoms with Crippen LogP contribution in [0.1, 0.15) is 126 Å². The highest BCUT2D eigenvalue weighted by atomic mass is 16.7. The lowest BCUT2D eigenvalue weighted by molar-refractivity contribution is -0.174. The highest BCUT2D eigenvalue weighted by Gasteiger charge is 2.58. The molecule has 0 radical (unpaired) electrons. The van der Waals surface area contributed by atoms with Crippen molar-refractivity contribution < 1.29 is 19.5 Å². The van der Waals surface area contributed by atoms with E-state index in [2.05, 4.69) is 66.0 Å². The van der Waals surface area contributed by atoms with Crippen molar-refractivity contribution in [1.82, 2.24) is 10.6 Å². The monoisotopic (exact) mass is 495 g/mol. The maximum atomic E-state index is 13.9. The first-order valence-corrected chi connectivity index (χ1v) is 13.7. The number of carbonyl (C=O) groups is 2. The van der Waals surface area contributed by atoms with E-state index in [-0.39, 0.29) is 46.4 Å². The number of aliphatic carboxylic acids is 1. The van der Waals surface area contributed by atoms with Crippen molar-refractivity contribution >= 4 is 11.9 Å². The SMILES string of the molecule is CC1(C)CC(C(CCCCCCCC(=O)O)(C(=O)ON)C2CC(C)(C)NC(C)(C)C2)CC(C)(C)N1. The number of nitrogens with two attached hydrogens (primary N) is 1. The van der Waals surface area contributed by atoms with Crippen molar-refractivity contribution in [2.75, 3.05) is 0 Å². The Morgan fingerprint density at radius 2 is 1.14 bits per heavy atom. The van der Waals surface area contributed by atoms with Crippen molar-refractivity contribution in [3.63, 3.8) is 0 Å². The van der Waals surface area contributed by atoms with Gasteiger partial charge in [-0.05, 0) is 106 Å². The number of rotatable bonds is 11. The number of carboxylic acid groups (broad SMARTS) is 1. The lowest BCUT2D eigenvalue weighted by Gasteiger charge is -2.57. The van der Waals surface area contributed by atoms with Gasteiger partial charge in [-0.1, -0.05) is 25.7 Å². The standard InChI is InChI=1S/C28H53N3O4/c1-24(2)16-20(17-25(3,4)30-24)28(23(34)35-29,15-13-11-9-10-12-14-22(32)33)21-18-26(5,6)31-27(7,8)19-21/h20-21,30-31H,9-19,29H2,1-8H3,(H,32,33). The molecule has 0 unspecified atom stereocenters. The number of nitrogens with one attached hydrogen (secondary N) is 2. The summed E-state index contributed by atoms with van der Waals surface area (Å²) in [6, 6.07) is 0. The van der Waals surface area contributed by atoms with Gasteiger partial charge in [-0.15, -0.1) is 0 Å². The summed E-state index contributed by atoms with van der Waals surface area (Å²) in [5.41, 5.74) is -1.03. The minimum Gasteiger partial charge on any atom is -0.481 e. The van der Waals surface area contributed by atoms with Gasteiger partial charge < -0.3 is 20.6 Å². The molecule has 0 saturated carbocycles. The Morgan fingerprint density at radius 3 is 1.51 bits per heavy atom. The predicted molar refractivity (Wildman–Crippen MR) is 141 cm³/mol. The molecule has 0 atom stereocenters. The fourth-order valence-corrected chi connectivity index (χ4v) is 7.88. The van der Waals surface area contributed by atoms with Crippen LogP contribution in [0.25, 0.3) is 0 Å². The molecular formula is C28H53N3O4. The molecule has 35 heavy (non-hydrogen) atoms. The molecule has 7 heteroatoms. The normalized spacial score (nSPS) is 24.1. The van der Waals surface area contributed by atoms with Crippen LogP contribution in [0, 0.1) is 17.3 Å². The van der Waals surface area contributed by atoms with E-state index in [9.17, 15) is 9.59 Å². The van der Waals surface area contributed by atoms with Crippen LogP contribution in [0.5, 0.6) is 0 Å². The number of hydrogen-bond donors (Lipinski definition) is 4. The molecule has 7 nitrogen and oxygen atoms in total. The Balaban J connectivity index is 2.39. The van der Waals surface area contributed by atoms with E-state index >= 15 is 0 Å². The zero-order chi connectivity index (χ0) is 26.7. The van der Waals surface area contributed by atoms with E-state index in [0.717, 1.165) is 57.8 Å². The first-order chi connectivity index (χ1) is 15.9. The third-order valence-electron chi connectivity index (χ3n) is 8.31. The first kappa shape index (κ1) is 30.0. The Kier molecular flexibility index (Phi) is 9.49. The Morgan fingerprint density at radius 1 is 0.771 bits per heavy atom.